The number of alkyl halides is 3. The number of hydrogen-bond donors (Lipinski definition) is 2. The van der Waals surface area contributed by atoms with E-state index in [0.717, 1.165) is 36.1 Å². The molecule has 38 heavy (non-hydrogen) atoms. The van der Waals surface area contributed by atoms with Gasteiger partial charge in [-0.1, -0.05) is 12.1 Å². The number of amides is 1. The van der Waals surface area contributed by atoms with E-state index in [0.29, 0.717) is 34.7 Å². The summed E-state index contributed by atoms with van der Waals surface area (Å²) in [7, 11) is 0. The average Bonchev–Trinajstić information content (AvgIpc) is 3.37. The Hall–Kier alpha value is -4.19. The zero-order chi connectivity index (χ0) is 27.7. The molecular weight excluding hydrogens is 499 g/mol. The molecule has 0 spiro atoms. The molecule has 1 saturated heterocycles. The van der Waals surface area contributed by atoms with Gasteiger partial charge >= 0.3 is 6.18 Å². The number of morpholine rings is 1. The summed E-state index contributed by atoms with van der Waals surface area (Å²) in [6.45, 7) is 1.37. The largest absolute Gasteiger partial charge is 0.406 e. The summed E-state index contributed by atoms with van der Waals surface area (Å²) in [6.07, 6.45) is 0.913. The molecule has 0 radical (unpaired) electrons. The number of anilines is 2. The van der Waals surface area contributed by atoms with Crippen molar-refractivity contribution in [2.75, 3.05) is 42.6 Å². The van der Waals surface area contributed by atoms with Crippen LogP contribution in [0.2, 0.25) is 0 Å². The van der Waals surface area contributed by atoms with Crippen molar-refractivity contribution < 1.29 is 24.1 Å². The number of aromatic amines is 1. The Labute approximate surface area is 217 Å². The van der Waals surface area contributed by atoms with Crippen LogP contribution in [0.4, 0.5) is 24.7 Å². The van der Waals surface area contributed by atoms with E-state index in [4.69, 9.17) is 11.8 Å². The molecule has 4 aromatic rings. The highest BCUT2D eigenvalue weighted by molar-refractivity contribution is 5.95. The van der Waals surface area contributed by atoms with Gasteiger partial charge in [-0.3, -0.25) is 9.78 Å². The van der Waals surface area contributed by atoms with Crippen molar-refractivity contribution in [3.63, 3.8) is 0 Å². The molecule has 4 heterocycles. The monoisotopic (exact) mass is 526 g/mol. The maximum Gasteiger partial charge on any atom is 0.406 e. The van der Waals surface area contributed by atoms with Gasteiger partial charge in [-0.15, -0.1) is 0 Å². The molecule has 3 aromatic heterocycles. The fraction of sp³-hybridized carbons (Fsp3) is 0.308. The Bertz CT molecular complexity index is 1490. The highest BCUT2D eigenvalue weighted by Gasteiger charge is 2.35. The van der Waals surface area contributed by atoms with Crippen LogP contribution < -0.4 is 15.5 Å². The number of benzene rings is 1. The van der Waals surface area contributed by atoms with Gasteiger partial charge in [0.25, 0.3) is 0 Å². The van der Waals surface area contributed by atoms with E-state index >= 15 is 0 Å². The second kappa shape index (κ2) is 10.3. The first-order valence-electron chi connectivity index (χ1n) is 12.5. The third-order valence-corrected chi connectivity index (χ3v) is 6.36. The summed E-state index contributed by atoms with van der Waals surface area (Å²) in [5.74, 6) is -1.32. The van der Waals surface area contributed by atoms with Crippen LogP contribution in [0.25, 0.3) is 33.4 Å². The molecule has 12 heteroatoms. The predicted molar refractivity (Wildman–Crippen MR) is 138 cm³/mol. The first-order valence-corrected chi connectivity index (χ1v) is 11.9. The number of ether oxygens (including phenoxy) is 1. The Balaban J connectivity index is 1.53. The first kappa shape index (κ1) is 24.2. The number of nitrogens with two attached hydrogens (primary N) is 1. The number of nitrogens with zero attached hydrogens (tertiary/aromatic N) is 5. The van der Waals surface area contributed by atoms with Gasteiger partial charge in [0.1, 0.15) is 24.0 Å². The highest BCUT2D eigenvalue weighted by atomic mass is 19.4. The Morgan fingerprint density at radius 3 is 2.76 bits per heavy atom. The fourth-order valence-electron chi connectivity index (χ4n) is 4.36. The van der Waals surface area contributed by atoms with Gasteiger partial charge in [0.05, 0.1) is 32.7 Å². The molecular formula is C26H26F3N7O2. The molecule has 3 N–H and O–H groups in total. The van der Waals surface area contributed by atoms with E-state index in [1.165, 1.54) is 13.1 Å². The number of carbonyl (C=O) groups excluding carboxylic acids is 1. The second-order valence-electron chi connectivity index (χ2n) is 8.89. The molecule has 5 rings (SSSR count). The maximum atomic E-state index is 13.5. The van der Waals surface area contributed by atoms with Crippen LogP contribution in [-0.2, 0) is 9.53 Å². The lowest BCUT2D eigenvalue weighted by Gasteiger charge is -2.29. The van der Waals surface area contributed by atoms with Gasteiger partial charge in [0.2, 0.25) is 5.91 Å². The van der Waals surface area contributed by atoms with Crippen molar-refractivity contribution in [1.29, 1.82) is 0 Å². The number of carbonyl (C=O) groups is 1. The highest BCUT2D eigenvalue weighted by Crippen LogP contribution is 2.32. The van der Waals surface area contributed by atoms with Gasteiger partial charge in [0.15, 0.2) is 0 Å². The molecule has 1 aliphatic rings. The van der Waals surface area contributed by atoms with E-state index in [2.05, 4.69) is 30.9 Å². The number of primary amides is 1. The third kappa shape index (κ3) is 5.40. The molecule has 1 aromatic carbocycles. The van der Waals surface area contributed by atoms with E-state index in [1.54, 1.807) is 12.4 Å². The Kier molecular flexibility index (Phi) is 6.54. The van der Waals surface area contributed by atoms with Crippen LogP contribution >= 0.6 is 0 Å². The molecule has 9 nitrogen and oxygen atoms in total. The summed E-state index contributed by atoms with van der Waals surface area (Å²) < 4.78 is 53.7. The minimum atomic E-state index is -4.95. The molecule has 2 atom stereocenters. The van der Waals surface area contributed by atoms with Crippen molar-refractivity contribution in [2.45, 2.75) is 19.1 Å². The standard InChI is InChI=1S/C26H26F3N7O2/c1-16(24(30)37)36(15-26(27,28)29)23-14-31-13-22(34-23)21-12-33-25-20(21)10-18(11-32-25)17-3-2-4-19(9-17)35-5-7-38-8-6-35/h2-4,9-14,16H,5-8,15H2,1H3,(H2,30,37)(H,32,33)/t16-/m0/s1/i15D/t15?,16-. The molecule has 1 fully saturated rings. The van der Waals surface area contributed by atoms with Crippen LogP contribution in [-0.4, -0.2) is 70.9 Å². The average molecular weight is 527 g/mol. The van der Waals surface area contributed by atoms with Crippen molar-refractivity contribution in [1.82, 2.24) is 19.9 Å². The fourth-order valence-corrected chi connectivity index (χ4v) is 4.36. The van der Waals surface area contributed by atoms with Crippen molar-refractivity contribution >= 4 is 28.4 Å². The zero-order valence-electron chi connectivity index (χ0n) is 21.4. The molecule has 0 saturated carbocycles. The Morgan fingerprint density at radius 1 is 1.24 bits per heavy atom. The van der Waals surface area contributed by atoms with Crippen molar-refractivity contribution in [3.8, 4) is 22.4 Å². The Morgan fingerprint density at radius 2 is 2.03 bits per heavy atom. The lowest BCUT2D eigenvalue weighted by molar-refractivity contribution is -0.125. The molecule has 1 aliphatic heterocycles. The van der Waals surface area contributed by atoms with Gasteiger partial charge in [-0.25, -0.2) is 9.97 Å². The number of H-pyrrole nitrogens is 1. The van der Waals surface area contributed by atoms with Crippen molar-refractivity contribution in [3.05, 3.63) is 55.1 Å². The summed E-state index contributed by atoms with van der Waals surface area (Å²) in [5.41, 5.74) is 9.51. The number of fused-ring (bicyclic) bond motifs is 1. The molecule has 198 valence electrons. The first-order chi connectivity index (χ1) is 18.6. The minimum absolute atomic E-state index is 0.246. The zero-order valence-corrected chi connectivity index (χ0v) is 20.4. The van der Waals surface area contributed by atoms with E-state index in [1.807, 2.05) is 24.3 Å². The number of hydrogen-bond acceptors (Lipinski definition) is 7. The van der Waals surface area contributed by atoms with Gasteiger partial charge in [0, 0.05) is 47.7 Å². The number of pyridine rings is 1. The van der Waals surface area contributed by atoms with E-state index in [9.17, 15) is 18.0 Å². The minimum Gasteiger partial charge on any atom is -0.378 e. The number of aromatic nitrogens is 4. The van der Waals surface area contributed by atoms with Gasteiger partial charge < -0.3 is 25.3 Å². The lowest BCUT2D eigenvalue weighted by atomic mass is 10.0. The number of nitrogens with one attached hydrogen (secondary N) is 1. The molecule has 1 amide bonds. The van der Waals surface area contributed by atoms with E-state index in [-0.39, 0.29) is 11.5 Å². The quantitative estimate of drug-likeness (QED) is 0.377. The normalized spacial score (nSPS) is 16.2. The summed E-state index contributed by atoms with van der Waals surface area (Å²) in [4.78, 5) is 30.5. The number of halogens is 3. The smallest absolute Gasteiger partial charge is 0.378 e. The van der Waals surface area contributed by atoms with Crippen LogP contribution in [0, 0.1) is 0 Å². The SMILES string of the molecule is [2H]C(N(c1cncc(-c2c[nH]c3ncc(-c4cccc(N5CCOCC5)c4)cc23)n1)[C@@H](C)C(N)=O)C(F)(F)F. The predicted octanol–water partition coefficient (Wildman–Crippen LogP) is 3.77. The number of rotatable bonds is 7. The molecule has 0 aliphatic carbocycles. The molecule has 1 unspecified atom stereocenters. The van der Waals surface area contributed by atoms with Gasteiger partial charge in [-0.2, -0.15) is 13.2 Å². The molecule has 0 bridgehead atoms. The third-order valence-electron chi connectivity index (χ3n) is 6.36. The summed E-state index contributed by atoms with van der Waals surface area (Å²) in [6, 6.07) is 8.55. The van der Waals surface area contributed by atoms with Crippen LogP contribution in [0.15, 0.2) is 55.1 Å². The van der Waals surface area contributed by atoms with Crippen molar-refractivity contribution in [2.24, 2.45) is 5.73 Å². The maximum absolute atomic E-state index is 13.5. The lowest BCUT2D eigenvalue weighted by Crippen LogP contribution is -2.47. The van der Waals surface area contributed by atoms with Crippen LogP contribution in [0.3, 0.4) is 0 Å². The topological polar surface area (TPSA) is 113 Å². The summed E-state index contributed by atoms with van der Waals surface area (Å²) >= 11 is 0. The van der Waals surface area contributed by atoms with Crippen LogP contribution in [0.1, 0.15) is 8.29 Å². The second-order valence-corrected chi connectivity index (χ2v) is 8.89. The summed E-state index contributed by atoms with van der Waals surface area (Å²) in [5, 5.41) is 0.684. The van der Waals surface area contributed by atoms with Gasteiger partial charge in [-0.05, 0) is 30.7 Å². The van der Waals surface area contributed by atoms with E-state index < -0.39 is 24.6 Å². The van der Waals surface area contributed by atoms with Crippen LogP contribution in [0.5, 0.6) is 0 Å².